The smallest absolute Gasteiger partial charge is 0.202 e. The van der Waals surface area contributed by atoms with E-state index in [1.54, 1.807) is 23.9 Å². The number of benzene rings is 1. The topological polar surface area (TPSA) is 63.2 Å². The summed E-state index contributed by atoms with van der Waals surface area (Å²) in [5, 5.41) is 9.49. The highest BCUT2D eigenvalue weighted by Gasteiger charge is 2.40. The molecule has 0 spiro atoms. The Bertz CT molecular complexity index is 1040. The number of aromatic nitrogens is 4. The lowest BCUT2D eigenvalue weighted by atomic mass is 10.1. The second-order valence-corrected chi connectivity index (χ2v) is 9.44. The zero-order valence-electron chi connectivity index (χ0n) is 17.9. The third kappa shape index (κ3) is 4.08. The van der Waals surface area contributed by atoms with E-state index in [2.05, 4.69) is 25.0 Å². The number of anilines is 1. The van der Waals surface area contributed by atoms with Crippen molar-refractivity contribution in [3.8, 4) is 11.6 Å². The van der Waals surface area contributed by atoms with Crippen LogP contribution in [0.4, 0.5) is 10.1 Å². The lowest BCUT2D eigenvalue weighted by Gasteiger charge is -2.27. The van der Waals surface area contributed by atoms with Crippen LogP contribution in [-0.2, 0) is 7.05 Å². The summed E-state index contributed by atoms with van der Waals surface area (Å²) >= 11 is 1.73. The number of hydrogen-bond acceptors (Lipinski definition) is 7. The molecule has 0 saturated carbocycles. The summed E-state index contributed by atoms with van der Waals surface area (Å²) in [7, 11) is 1.96. The van der Waals surface area contributed by atoms with Crippen molar-refractivity contribution in [2.45, 2.75) is 31.0 Å². The average molecular weight is 443 g/mol. The molecule has 0 N–H and O–H groups in total. The van der Waals surface area contributed by atoms with E-state index < -0.39 is 0 Å². The molecule has 0 amide bonds. The van der Waals surface area contributed by atoms with Gasteiger partial charge in [-0.2, -0.15) is 0 Å². The highest BCUT2D eigenvalue weighted by Crippen LogP contribution is 2.35. The number of fused-ring (bicyclic) bond motifs is 1. The predicted octanol–water partition coefficient (Wildman–Crippen LogP) is 3.61. The summed E-state index contributed by atoms with van der Waals surface area (Å²) in [5.41, 5.74) is 1.97. The van der Waals surface area contributed by atoms with Gasteiger partial charge in [0.05, 0.1) is 5.69 Å². The molecule has 0 radical (unpaired) electrons. The Morgan fingerprint density at radius 2 is 2.03 bits per heavy atom. The molecule has 2 aliphatic heterocycles. The summed E-state index contributed by atoms with van der Waals surface area (Å²) in [6.45, 7) is 6.31. The quantitative estimate of drug-likeness (QED) is 0.409. The SMILES string of the molecule is Cc1ncoc1-c1nnc(SCCCN2C[C@@H]3CCN(c4ccc(F)cc4)[C@@H]3C2)n1C. The molecule has 2 aliphatic rings. The van der Waals surface area contributed by atoms with E-state index in [0.717, 1.165) is 54.9 Å². The minimum absolute atomic E-state index is 0.170. The molecule has 1 aromatic carbocycles. The fourth-order valence-corrected chi connectivity index (χ4v) is 5.63. The van der Waals surface area contributed by atoms with Gasteiger partial charge in [-0.15, -0.1) is 10.2 Å². The van der Waals surface area contributed by atoms with E-state index in [0.29, 0.717) is 23.5 Å². The number of aryl methyl sites for hydroxylation is 1. The van der Waals surface area contributed by atoms with Gasteiger partial charge < -0.3 is 18.8 Å². The van der Waals surface area contributed by atoms with E-state index in [1.807, 2.05) is 30.7 Å². The van der Waals surface area contributed by atoms with E-state index in [9.17, 15) is 4.39 Å². The van der Waals surface area contributed by atoms with Crippen LogP contribution in [0.2, 0.25) is 0 Å². The Hall–Kier alpha value is -2.39. The van der Waals surface area contributed by atoms with Gasteiger partial charge in [-0.25, -0.2) is 9.37 Å². The zero-order valence-corrected chi connectivity index (χ0v) is 18.7. The summed E-state index contributed by atoms with van der Waals surface area (Å²) in [4.78, 5) is 9.17. The molecular weight excluding hydrogens is 415 g/mol. The molecule has 2 aromatic heterocycles. The molecule has 4 heterocycles. The molecule has 3 aromatic rings. The summed E-state index contributed by atoms with van der Waals surface area (Å²) in [6.07, 6.45) is 3.76. The largest absolute Gasteiger partial charge is 0.440 e. The highest BCUT2D eigenvalue weighted by atomic mass is 32.2. The van der Waals surface area contributed by atoms with Gasteiger partial charge in [-0.1, -0.05) is 11.8 Å². The van der Waals surface area contributed by atoms with Crippen molar-refractivity contribution < 1.29 is 8.81 Å². The maximum atomic E-state index is 13.3. The van der Waals surface area contributed by atoms with E-state index in [1.165, 1.54) is 12.8 Å². The third-order valence-corrected chi connectivity index (χ3v) is 7.52. The molecule has 0 bridgehead atoms. The minimum Gasteiger partial charge on any atom is -0.440 e. The van der Waals surface area contributed by atoms with Crippen LogP contribution in [0.3, 0.4) is 0 Å². The maximum Gasteiger partial charge on any atom is 0.202 e. The van der Waals surface area contributed by atoms with Crippen molar-refractivity contribution in [1.82, 2.24) is 24.6 Å². The van der Waals surface area contributed by atoms with Crippen LogP contribution in [0.15, 0.2) is 40.2 Å². The lowest BCUT2D eigenvalue weighted by molar-refractivity contribution is 0.319. The Morgan fingerprint density at radius 3 is 2.81 bits per heavy atom. The van der Waals surface area contributed by atoms with Gasteiger partial charge in [-0.05, 0) is 56.5 Å². The maximum absolute atomic E-state index is 13.3. The van der Waals surface area contributed by atoms with Crippen LogP contribution < -0.4 is 4.90 Å². The molecule has 2 fully saturated rings. The number of oxazole rings is 1. The molecule has 5 rings (SSSR count). The van der Waals surface area contributed by atoms with E-state index in [-0.39, 0.29) is 5.82 Å². The number of rotatable bonds is 7. The number of thioether (sulfide) groups is 1. The first-order chi connectivity index (χ1) is 15.1. The molecular formula is C22H27FN6OS. The van der Waals surface area contributed by atoms with Crippen molar-refractivity contribution in [3.05, 3.63) is 42.2 Å². The van der Waals surface area contributed by atoms with E-state index >= 15 is 0 Å². The van der Waals surface area contributed by atoms with Gasteiger partial charge in [0.15, 0.2) is 17.3 Å². The van der Waals surface area contributed by atoms with Crippen molar-refractivity contribution in [2.24, 2.45) is 13.0 Å². The molecule has 0 aliphatic carbocycles. The molecule has 0 unspecified atom stereocenters. The zero-order chi connectivity index (χ0) is 21.4. The van der Waals surface area contributed by atoms with Crippen LogP contribution in [0, 0.1) is 18.7 Å². The average Bonchev–Trinajstić information content (AvgIpc) is 3.52. The molecule has 31 heavy (non-hydrogen) atoms. The predicted molar refractivity (Wildman–Crippen MR) is 119 cm³/mol. The van der Waals surface area contributed by atoms with Gasteiger partial charge in [-0.3, -0.25) is 0 Å². The number of likely N-dealkylation sites (tertiary alicyclic amines) is 1. The summed E-state index contributed by atoms with van der Waals surface area (Å²) in [6, 6.07) is 7.49. The second kappa shape index (κ2) is 8.63. The second-order valence-electron chi connectivity index (χ2n) is 8.38. The fraction of sp³-hybridized carbons (Fsp3) is 0.500. The van der Waals surface area contributed by atoms with Gasteiger partial charge in [0.1, 0.15) is 5.82 Å². The summed E-state index contributed by atoms with van der Waals surface area (Å²) in [5.74, 6) is 2.93. The first-order valence-electron chi connectivity index (χ1n) is 10.8. The number of hydrogen-bond donors (Lipinski definition) is 0. The standard InChI is InChI=1S/C22H27FN6OS/c1-15-20(30-14-24-15)21-25-26-22(27(21)2)31-11-3-9-28-12-16-8-10-29(19(16)13-28)18-6-4-17(23)5-7-18/h4-7,14,16,19H,3,8-13H2,1-2H3/t16-,19+/m0/s1. The van der Waals surface area contributed by atoms with Gasteiger partial charge in [0, 0.05) is 44.2 Å². The van der Waals surface area contributed by atoms with Crippen LogP contribution in [0.1, 0.15) is 18.5 Å². The van der Waals surface area contributed by atoms with Crippen LogP contribution >= 0.6 is 11.8 Å². The van der Waals surface area contributed by atoms with Crippen molar-refractivity contribution >= 4 is 17.4 Å². The third-order valence-electron chi connectivity index (χ3n) is 6.41. The number of nitrogens with zero attached hydrogens (tertiary/aromatic N) is 6. The molecule has 2 atom stereocenters. The first-order valence-corrected chi connectivity index (χ1v) is 11.8. The Morgan fingerprint density at radius 1 is 1.19 bits per heavy atom. The first kappa shape index (κ1) is 20.5. The monoisotopic (exact) mass is 442 g/mol. The highest BCUT2D eigenvalue weighted by molar-refractivity contribution is 7.99. The normalized spacial score (nSPS) is 21.2. The lowest BCUT2D eigenvalue weighted by Crippen LogP contribution is -2.35. The molecule has 9 heteroatoms. The van der Waals surface area contributed by atoms with Crippen LogP contribution in [0.25, 0.3) is 11.6 Å². The van der Waals surface area contributed by atoms with Crippen molar-refractivity contribution in [1.29, 1.82) is 0 Å². The molecule has 164 valence electrons. The van der Waals surface area contributed by atoms with Gasteiger partial charge >= 0.3 is 0 Å². The van der Waals surface area contributed by atoms with Crippen molar-refractivity contribution in [2.75, 3.05) is 36.8 Å². The van der Waals surface area contributed by atoms with Gasteiger partial charge in [0.25, 0.3) is 0 Å². The Balaban J connectivity index is 1.11. The molecule has 7 nitrogen and oxygen atoms in total. The summed E-state index contributed by atoms with van der Waals surface area (Å²) < 4.78 is 20.7. The Labute approximate surface area is 185 Å². The van der Waals surface area contributed by atoms with E-state index in [4.69, 9.17) is 4.42 Å². The minimum atomic E-state index is -0.170. The molecule has 2 saturated heterocycles. The number of halogens is 1. The van der Waals surface area contributed by atoms with Crippen LogP contribution in [0.5, 0.6) is 0 Å². The van der Waals surface area contributed by atoms with Gasteiger partial charge in [0.2, 0.25) is 5.82 Å². The fourth-order valence-electron chi connectivity index (χ4n) is 4.79. The van der Waals surface area contributed by atoms with Crippen LogP contribution in [-0.4, -0.2) is 62.6 Å². The van der Waals surface area contributed by atoms with Crippen molar-refractivity contribution in [3.63, 3.8) is 0 Å². The Kier molecular flexibility index (Phi) is 5.71.